The van der Waals surface area contributed by atoms with E-state index in [1.54, 1.807) is 6.07 Å². The molecule has 0 aliphatic heterocycles. The molecule has 3 heteroatoms. The van der Waals surface area contributed by atoms with Crippen LogP contribution in [0.2, 0.25) is 0 Å². The molecule has 16 heavy (non-hydrogen) atoms. The molecule has 90 valence electrons. The summed E-state index contributed by atoms with van der Waals surface area (Å²) in [6, 6.07) is 6.97. The fourth-order valence-corrected chi connectivity index (χ4v) is 2.45. The van der Waals surface area contributed by atoms with Gasteiger partial charge < -0.3 is 5.73 Å². The zero-order valence-electron chi connectivity index (χ0n) is 9.42. The first-order valence-electron chi connectivity index (χ1n) is 5.72. The zero-order valence-corrected chi connectivity index (χ0v) is 10.2. The molecule has 1 aromatic rings. The summed E-state index contributed by atoms with van der Waals surface area (Å²) in [5.41, 5.74) is 6.89. The van der Waals surface area contributed by atoms with E-state index < -0.39 is 0 Å². The van der Waals surface area contributed by atoms with E-state index in [-0.39, 0.29) is 23.8 Å². The SMILES string of the molecule is Cl.NC1(Cc2ccccc2F)CCCCC1. The summed E-state index contributed by atoms with van der Waals surface area (Å²) in [5, 5.41) is 0. The van der Waals surface area contributed by atoms with Crippen molar-refractivity contribution in [2.75, 3.05) is 0 Å². The maximum absolute atomic E-state index is 13.5. The fourth-order valence-electron chi connectivity index (χ4n) is 2.45. The summed E-state index contributed by atoms with van der Waals surface area (Å²) in [4.78, 5) is 0. The quantitative estimate of drug-likeness (QED) is 0.846. The minimum absolute atomic E-state index is 0. The molecule has 0 amide bonds. The molecule has 0 atom stereocenters. The molecule has 1 fully saturated rings. The lowest BCUT2D eigenvalue weighted by atomic mass is 9.78. The van der Waals surface area contributed by atoms with Crippen molar-refractivity contribution in [2.45, 2.75) is 44.1 Å². The maximum Gasteiger partial charge on any atom is 0.126 e. The van der Waals surface area contributed by atoms with E-state index in [2.05, 4.69) is 0 Å². The van der Waals surface area contributed by atoms with Gasteiger partial charge >= 0.3 is 0 Å². The summed E-state index contributed by atoms with van der Waals surface area (Å²) >= 11 is 0. The average Bonchev–Trinajstić information content (AvgIpc) is 2.22. The topological polar surface area (TPSA) is 26.0 Å². The van der Waals surface area contributed by atoms with Crippen LogP contribution in [0.15, 0.2) is 24.3 Å². The molecule has 0 spiro atoms. The number of halogens is 2. The van der Waals surface area contributed by atoms with Gasteiger partial charge in [0.15, 0.2) is 0 Å². The summed E-state index contributed by atoms with van der Waals surface area (Å²) < 4.78 is 13.5. The van der Waals surface area contributed by atoms with Crippen molar-refractivity contribution in [1.82, 2.24) is 0 Å². The molecular weight excluding hydrogens is 225 g/mol. The van der Waals surface area contributed by atoms with Crippen LogP contribution in [0.25, 0.3) is 0 Å². The summed E-state index contributed by atoms with van der Waals surface area (Å²) in [6.45, 7) is 0. The Hall–Kier alpha value is -0.600. The average molecular weight is 244 g/mol. The van der Waals surface area contributed by atoms with Crippen LogP contribution >= 0.6 is 12.4 Å². The Kier molecular flexibility index (Phi) is 4.75. The first-order valence-corrected chi connectivity index (χ1v) is 5.72. The highest BCUT2D eigenvalue weighted by Crippen LogP contribution is 2.29. The van der Waals surface area contributed by atoms with E-state index in [0.29, 0.717) is 6.42 Å². The molecule has 1 nitrogen and oxygen atoms in total. The van der Waals surface area contributed by atoms with Gasteiger partial charge in [-0.1, -0.05) is 37.5 Å². The summed E-state index contributed by atoms with van der Waals surface area (Å²) in [5.74, 6) is -0.118. The van der Waals surface area contributed by atoms with Crippen LogP contribution in [-0.4, -0.2) is 5.54 Å². The molecule has 2 rings (SSSR count). The zero-order chi connectivity index (χ0) is 10.7. The predicted molar refractivity (Wildman–Crippen MR) is 67.4 cm³/mol. The standard InChI is InChI=1S/C13H18FN.ClH/c14-12-7-3-2-6-11(12)10-13(15)8-4-1-5-9-13;/h2-3,6-7H,1,4-5,8-10,15H2;1H. The maximum atomic E-state index is 13.5. The molecule has 0 heterocycles. The fraction of sp³-hybridized carbons (Fsp3) is 0.538. The molecule has 1 aromatic carbocycles. The number of hydrogen-bond donors (Lipinski definition) is 1. The predicted octanol–water partition coefficient (Wildman–Crippen LogP) is 3.45. The van der Waals surface area contributed by atoms with Crippen molar-refractivity contribution in [3.05, 3.63) is 35.6 Å². The Morgan fingerprint density at radius 1 is 1.12 bits per heavy atom. The Morgan fingerprint density at radius 3 is 2.38 bits per heavy atom. The van der Waals surface area contributed by atoms with E-state index in [1.165, 1.54) is 25.3 Å². The van der Waals surface area contributed by atoms with E-state index >= 15 is 0 Å². The third-order valence-electron chi connectivity index (χ3n) is 3.35. The summed E-state index contributed by atoms with van der Waals surface area (Å²) in [6.07, 6.45) is 6.38. The van der Waals surface area contributed by atoms with Gasteiger partial charge in [-0.3, -0.25) is 0 Å². The van der Waals surface area contributed by atoms with E-state index in [0.717, 1.165) is 18.4 Å². The van der Waals surface area contributed by atoms with Gasteiger partial charge in [-0.15, -0.1) is 12.4 Å². The van der Waals surface area contributed by atoms with Crippen LogP contribution in [-0.2, 0) is 6.42 Å². The highest BCUT2D eigenvalue weighted by molar-refractivity contribution is 5.85. The highest BCUT2D eigenvalue weighted by atomic mass is 35.5. The lowest BCUT2D eigenvalue weighted by Crippen LogP contribution is -2.43. The Balaban J connectivity index is 0.00000128. The molecule has 0 aromatic heterocycles. The molecule has 0 radical (unpaired) electrons. The molecule has 0 bridgehead atoms. The Morgan fingerprint density at radius 2 is 1.75 bits per heavy atom. The monoisotopic (exact) mass is 243 g/mol. The van der Waals surface area contributed by atoms with Gasteiger partial charge in [0.1, 0.15) is 5.82 Å². The van der Waals surface area contributed by atoms with Gasteiger partial charge in [-0.2, -0.15) is 0 Å². The Labute approximate surface area is 103 Å². The first kappa shape index (κ1) is 13.5. The van der Waals surface area contributed by atoms with Gasteiger partial charge in [0.25, 0.3) is 0 Å². The molecule has 1 aliphatic carbocycles. The van der Waals surface area contributed by atoms with Crippen LogP contribution in [0, 0.1) is 5.82 Å². The van der Waals surface area contributed by atoms with Gasteiger partial charge in [-0.25, -0.2) is 4.39 Å². The molecule has 1 aliphatic rings. The van der Waals surface area contributed by atoms with Gasteiger partial charge in [0, 0.05) is 5.54 Å². The number of nitrogens with two attached hydrogens (primary N) is 1. The van der Waals surface area contributed by atoms with Crippen molar-refractivity contribution in [3.63, 3.8) is 0 Å². The van der Waals surface area contributed by atoms with Crippen molar-refractivity contribution >= 4 is 12.4 Å². The summed E-state index contributed by atoms with van der Waals surface area (Å²) in [7, 11) is 0. The first-order chi connectivity index (χ1) is 7.20. The van der Waals surface area contributed by atoms with Crippen LogP contribution in [0.4, 0.5) is 4.39 Å². The second kappa shape index (κ2) is 5.65. The van der Waals surface area contributed by atoms with Crippen LogP contribution in [0.5, 0.6) is 0 Å². The smallest absolute Gasteiger partial charge is 0.126 e. The number of rotatable bonds is 2. The lowest BCUT2D eigenvalue weighted by molar-refractivity contribution is 0.291. The van der Waals surface area contributed by atoms with Crippen molar-refractivity contribution in [1.29, 1.82) is 0 Å². The van der Waals surface area contributed by atoms with E-state index in [4.69, 9.17) is 5.73 Å². The van der Waals surface area contributed by atoms with Crippen molar-refractivity contribution in [3.8, 4) is 0 Å². The highest BCUT2D eigenvalue weighted by Gasteiger charge is 2.28. The minimum atomic E-state index is -0.166. The third-order valence-corrected chi connectivity index (χ3v) is 3.35. The van der Waals surface area contributed by atoms with E-state index in [1.807, 2.05) is 12.1 Å². The van der Waals surface area contributed by atoms with Crippen LogP contribution < -0.4 is 5.73 Å². The van der Waals surface area contributed by atoms with E-state index in [9.17, 15) is 4.39 Å². The molecular formula is C13H19ClFN. The molecule has 2 N–H and O–H groups in total. The van der Waals surface area contributed by atoms with Gasteiger partial charge in [0.05, 0.1) is 0 Å². The van der Waals surface area contributed by atoms with Gasteiger partial charge in [0.2, 0.25) is 0 Å². The second-order valence-corrected chi connectivity index (χ2v) is 4.69. The van der Waals surface area contributed by atoms with Crippen molar-refractivity contribution in [2.24, 2.45) is 5.73 Å². The minimum Gasteiger partial charge on any atom is -0.325 e. The molecule has 0 saturated heterocycles. The lowest BCUT2D eigenvalue weighted by Gasteiger charge is -2.33. The van der Waals surface area contributed by atoms with Crippen molar-refractivity contribution < 1.29 is 4.39 Å². The second-order valence-electron chi connectivity index (χ2n) is 4.69. The molecule has 1 saturated carbocycles. The number of benzene rings is 1. The Bertz CT molecular complexity index is 334. The third kappa shape index (κ3) is 3.19. The van der Waals surface area contributed by atoms with Gasteiger partial charge in [-0.05, 0) is 30.9 Å². The largest absolute Gasteiger partial charge is 0.325 e. The molecule has 0 unspecified atom stereocenters. The normalized spacial score (nSPS) is 18.9. The van der Waals surface area contributed by atoms with Crippen LogP contribution in [0.3, 0.4) is 0 Å². The van der Waals surface area contributed by atoms with Crippen LogP contribution in [0.1, 0.15) is 37.7 Å². The number of hydrogen-bond acceptors (Lipinski definition) is 1.